The van der Waals surface area contributed by atoms with Crippen LogP contribution >= 0.6 is 0 Å². The number of H-pyrrole nitrogens is 1. The van der Waals surface area contributed by atoms with E-state index in [4.69, 9.17) is 10.00 Å². The van der Waals surface area contributed by atoms with Crippen LogP contribution in [0.4, 0.5) is 13.2 Å². The summed E-state index contributed by atoms with van der Waals surface area (Å²) in [6, 6.07) is 11.3. The third-order valence-corrected chi connectivity index (χ3v) is 5.04. The fraction of sp³-hybridized carbons (Fsp3) is 0.174. The smallest absolute Gasteiger partial charge is 0.417 e. The molecule has 5 nitrogen and oxygen atoms in total. The minimum Gasteiger partial charge on any atom is -0.486 e. The first-order valence-electron chi connectivity index (χ1n) is 9.46. The number of pyridine rings is 2. The summed E-state index contributed by atoms with van der Waals surface area (Å²) in [5, 5.41) is 9.06. The van der Waals surface area contributed by atoms with Crippen molar-refractivity contribution in [2.24, 2.45) is 0 Å². The maximum Gasteiger partial charge on any atom is 0.417 e. The van der Waals surface area contributed by atoms with Gasteiger partial charge in [-0.1, -0.05) is 12.1 Å². The standard InChI is InChI=1S/C23H16F3N3O2/c24-23(25,26)18-5-6-19(29-12-18)13-31-20-7-8-28-22(30)21(20)17-4-3-15-9-14(11-27)1-2-16(15)10-17/h1-2,5-10,12H,3-4,13H2,(H,28,30). The van der Waals surface area contributed by atoms with E-state index in [2.05, 4.69) is 16.0 Å². The Balaban J connectivity index is 1.60. The Bertz CT molecular complexity index is 1250. The van der Waals surface area contributed by atoms with Crippen molar-refractivity contribution in [2.45, 2.75) is 25.6 Å². The van der Waals surface area contributed by atoms with Gasteiger partial charge in [0.05, 0.1) is 28.5 Å². The van der Waals surface area contributed by atoms with Gasteiger partial charge in [-0.25, -0.2) is 0 Å². The molecular weight excluding hydrogens is 407 g/mol. The van der Waals surface area contributed by atoms with Crippen LogP contribution in [0.5, 0.6) is 5.75 Å². The molecule has 2 heterocycles. The van der Waals surface area contributed by atoms with Gasteiger partial charge in [0.2, 0.25) is 0 Å². The van der Waals surface area contributed by atoms with Gasteiger partial charge in [-0.3, -0.25) is 9.78 Å². The second-order valence-corrected chi connectivity index (χ2v) is 7.07. The van der Waals surface area contributed by atoms with Crippen LogP contribution in [0.25, 0.3) is 11.6 Å². The lowest BCUT2D eigenvalue weighted by atomic mass is 9.88. The topological polar surface area (TPSA) is 78.8 Å². The minimum absolute atomic E-state index is 0.0794. The number of rotatable bonds is 4. The zero-order chi connectivity index (χ0) is 22.0. The summed E-state index contributed by atoms with van der Waals surface area (Å²) in [6.45, 7) is -0.0794. The van der Waals surface area contributed by atoms with Gasteiger partial charge < -0.3 is 9.72 Å². The summed E-state index contributed by atoms with van der Waals surface area (Å²) in [5.74, 6) is 0.328. The third-order valence-electron chi connectivity index (χ3n) is 5.04. The third kappa shape index (κ3) is 4.36. The van der Waals surface area contributed by atoms with Crippen LogP contribution in [0.3, 0.4) is 0 Å². The minimum atomic E-state index is -4.45. The molecule has 0 unspecified atom stereocenters. The van der Waals surface area contributed by atoms with Crippen molar-refractivity contribution in [3.8, 4) is 11.8 Å². The Morgan fingerprint density at radius 3 is 2.71 bits per heavy atom. The number of aryl methyl sites for hydroxylation is 1. The Morgan fingerprint density at radius 1 is 1.16 bits per heavy atom. The van der Waals surface area contributed by atoms with E-state index in [9.17, 15) is 18.0 Å². The predicted molar refractivity (Wildman–Crippen MR) is 108 cm³/mol. The largest absolute Gasteiger partial charge is 0.486 e. The highest BCUT2D eigenvalue weighted by Gasteiger charge is 2.30. The molecule has 0 bridgehead atoms. The molecule has 8 heteroatoms. The molecule has 0 radical (unpaired) electrons. The number of nitriles is 1. The maximum atomic E-state index is 12.7. The van der Waals surface area contributed by atoms with Crippen LogP contribution in [0.1, 0.15) is 39.9 Å². The quantitative estimate of drug-likeness (QED) is 0.658. The van der Waals surface area contributed by atoms with Crippen LogP contribution in [-0.2, 0) is 19.2 Å². The van der Waals surface area contributed by atoms with Crippen LogP contribution in [0, 0.1) is 11.3 Å². The SMILES string of the molecule is N#Cc1ccc2c(c1)CCC(c1c(OCc3ccc(C(F)(F)F)cn3)cc[nH]c1=O)=C2. The van der Waals surface area contributed by atoms with Crippen LogP contribution in [-0.4, -0.2) is 9.97 Å². The van der Waals surface area contributed by atoms with Crippen molar-refractivity contribution in [1.29, 1.82) is 5.26 Å². The van der Waals surface area contributed by atoms with Gasteiger partial charge in [0.15, 0.2) is 0 Å². The van der Waals surface area contributed by atoms with Crippen LogP contribution in [0.2, 0.25) is 0 Å². The van der Waals surface area contributed by atoms with Crippen LogP contribution < -0.4 is 10.3 Å². The molecule has 31 heavy (non-hydrogen) atoms. The van der Waals surface area contributed by atoms with Gasteiger partial charge in [0.25, 0.3) is 5.56 Å². The van der Waals surface area contributed by atoms with E-state index in [1.165, 1.54) is 12.3 Å². The summed E-state index contributed by atoms with van der Waals surface area (Å²) in [6.07, 6.45) is 0.915. The number of aromatic amines is 1. The van der Waals surface area contributed by atoms with Crippen molar-refractivity contribution in [3.05, 3.63) is 92.7 Å². The summed E-state index contributed by atoms with van der Waals surface area (Å²) >= 11 is 0. The number of aromatic nitrogens is 2. The summed E-state index contributed by atoms with van der Waals surface area (Å²) < 4.78 is 43.8. The van der Waals surface area contributed by atoms with Crippen molar-refractivity contribution >= 4 is 11.6 Å². The summed E-state index contributed by atoms with van der Waals surface area (Å²) in [7, 11) is 0. The summed E-state index contributed by atoms with van der Waals surface area (Å²) in [5.41, 5.74) is 2.87. The van der Waals surface area contributed by atoms with E-state index < -0.39 is 11.7 Å². The van der Waals surface area contributed by atoms with E-state index in [0.29, 0.717) is 35.4 Å². The Hall–Kier alpha value is -3.86. The molecule has 2 aromatic heterocycles. The Morgan fingerprint density at radius 2 is 2.00 bits per heavy atom. The average Bonchev–Trinajstić information content (AvgIpc) is 2.76. The molecule has 3 aromatic rings. The zero-order valence-corrected chi connectivity index (χ0v) is 16.2. The van der Waals surface area contributed by atoms with Gasteiger partial charge in [-0.2, -0.15) is 18.4 Å². The van der Waals surface area contributed by atoms with E-state index in [0.717, 1.165) is 29.0 Å². The molecule has 1 N–H and O–H groups in total. The molecule has 0 saturated heterocycles. The fourth-order valence-electron chi connectivity index (χ4n) is 3.47. The van der Waals surface area contributed by atoms with E-state index in [-0.39, 0.29) is 12.2 Å². The molecule has 4 rings (SSSR count). The monoisotopic (exact) mass is 423 g/mol. The van der Waals surface area contributed by atoms with Gasteiger partial charge in [0, 0.05) is 12.4 Å². The number of nitrogens with zero attached hydrogens (tertiary/aromatic N) is 2. The zero-order valence-electron chi connectivity index (χ0n) is 16.2. The average molecular weight is 423 g/mol. The molecular formula is C23H16F3N3O2. The highest BCUT2D eigenvalue weighted by molar-refractivity contribution is 5.86. The number of benzene rings is 1. The lowest BCUT2D eigenvalue weighted by molar-refractivity contribution is -0.137. The lowest BCUT2D eigenvalue weighted by Gasteiger charge is -2.18. The van der Waals surface area contributed by atoms with Gasteiger partial charge in [-0.15, -0.1) is 0 Å². The van der Waals surface area contributed by atoms with Gasteiger partial charge in [0.1, 0.15) is 12.4 Å². The molecule has 0 saturated carbocycles. The first kappa shape index (κ1) is 20.4. The van der Waals surface area contributed by atoms with Crippen LogP contribution in [0.15, 0.2) is 53.6 Å². The number of ether oxygens (including phenoxy) is 1. The first-order valence-corrected chi connectivity index (χ1v) is 9.46. The van der Waals surface area contributed by atoms with Crippen molar-refractivity contribution in [1.82, 2.24) is 9.97 Å². The molecule has 0 spiro atoms. The second kappa shape index (κ2) is 8.11. The fourth-order valence-corrected chi connectivity index (χ4v) is 3.47. The highest BCUT2D eigenvalue weighted by atomic mass is 19.4. The van der Waals surface area contributed by atoms with Crippen molar-refractivity contribution in [3.63, 3.8) is 0 Å². The van der Waals surface area contributed by atoms with E-state index in [1.54, 1.807) is 12.1 Å². The second-order valence-electron chi connectivity index (χ2n) is 7.07. The lowest BCUT2D eigenvalue weighted by Crippen LogP contribution is -2.15. The number of hydrogen-bond acceptors (Lipinski definition) is 4. The molecule has 1 aliphatic rings. The number of hydrogen-bond donors (Lipinski definition) is 1. The molecule has 1 aromatic carbocycles. The maximum absolute atomic E-state index is 12.7. The molecule has 1 aliphatic carbocycles. The Kier molecular flexibility index (Phi) is 5.34. The molecule has 0 atom stereocenters. The number of allylic oxidation sites excluding steroid dienone is 1. The highest BCUT2D eigenvalue weighted by Crippen LogP contribution is 2.34. The number of fused-ring (bicyclic) bond motifs is 1. The van der Waals surface area contributed by atoms with E-state index in [1.807, 2.05) is 18.2 Å². The number of nitrogens with one attached hydrogen (secondary N) is 1. The molecule has 0 fully saturated rings. The summed E-state index contributed by atoms with van der Waals surface area (Å²) in [4.78, 5) is 19.0. The normalized spacial score (nSPS) is 13.2. The van der Waals surface area contributed by atoms with Gasteiger partial charge in [-0.05, 0) is 59.9 Å². The molecule has 156 valence electrons. The molecule has 0 amide bonds. The number of halogens is 3. The van der Waals surface area contributed by atoms with E-state index >= 15 is 0 Å². The van der Waals surface area contributed by atoms with Crippen molar-refractivity contribution in [2.75, 3.05) is 0 Å². The number of alkyl halides is 3. The Labute approximate surface area is 175 Å². The van der Waals surface area contributed by atoms with Gasteiger partial charge >= 0.3 is 6.18 Å². The van der Waals surface area contributed by atoms with Crippen molar-refractivity contribution < 1.29 is 17.9 Å². The molecule has 0 aliphatic heterocycles. The predicted octanol–water partition coefficient (Wildman–Crippen LogP) is 4.73. The first-order chi connectivity index (χ1) is 14.8.